The highest BCUT2D eigenvalue weighted by Gasteiger charge is 2.25. The topological polar surface area (TPSA) is 62.0 Å². The lowest BCUT2D eigenvalue weighted by molar-refractivity contribution is 0.0124. The first-order valence-electron chi connectivity index (χ1n) is 9.20. The molecule has 0 spiro atoms. The van der Waals surface area contributed by atoms with Gasteiger partial charge in [-0.15, -0.1) is 0 Å². The Bertz CT molecular complexity index is 551. The van der Waals surface area contributed by atoms with Gasteiger partial charge in [-0.3, -0.25) is 9.89 Å². The van der Waals surface area contributed by atoms with E-state index in [2.05, 4.69) is 38.4 Å². The second-order valence-corrected chi connectivity index (χ2v) is 7.99. The molecular formula is C18H30N4O2S. The number of nitrogens with one attached hydrogen (secondary N) is 2. The number of thioether (sulfide) groups is 1. The van der Waals surface area contributed by atoms with Gasteiger partial charge in [-0.05, 0) is 37.7 Å². The van der Waals surface area contributed by atoms with Crippen LogP contribution < -0.4 is 10.6 Å². The van der Waals surface area contributed by atoms with E-state index < -0.39 is 0 Å². The molecule has 2 saturated heterocycles. The summed E-state index contributed by atoms with van der Waals surface area (Å²) in [4.78, 5) is 6.80. The molecule has 1 aromatic rings. The molecule has 0 radical (unpaired) electrons. The number of rotatable bonds is 6. The van der Waals surface area contributed by atoms with Gasteiger partial charge in [-0.1, -0.05) is 0 Å². The third kappa shape index (κ3) is 5.39. The van der Waals surface area contributed by atoms with Crippen molar-refractivity contribution in [3.8, 4) is 0 Å². The van der Waals surface area contributed by atoms with Crippen molar-refractivity contribution < 1.29 is 9.15 Å². The molecule has 2 N–H and O–H groups in total. The molecule has 2 fully saturated rings. The molecule has 1 aromatic heterocycles. The van der Waals surface area contributed by atoms with Crippen LogP contribution in [0.15, 0.2) is 21.5 Å². The van der Waals surface area contributed by atoms with Crippen molar-refractivity contribution in [2.45, 2.75) is 31.1 Å². The number of ether oxygens (including phenoxy) is 1. The molecule has 6 nitrogen and oxygen atoms in total. The predicted octanol–water partition coefficient (Wildman–Crippen LogP) is 2.02. The van der Waals surface area contributed by atoms with E-state index in [1.165, 1.54) is 18.6 Å². The van der Waals surface area contributed by atoms with Crippen molar-refractivity contribution in [3.63, 3.8) is 0 Å². The van der Waals surface area contributed by atoms with E-state index in [1.54, 1.807) is 0 Å². The van der Waals surface area contributed by atoms with Gasteiger partial charge in [0.2, 0.25) is 0 Å². The number of furan rings is 1. The van der Waals surface area contributed by atoms with E-state index in [9.17, 15) is 0 Å². The first kappa shape index (κ1) is 18.6. The minimum Gasteiger partial charge on any atom is -0.465 e. The maximum Gasteiger partial charge on any atom is 0.191 e. The molecule has 0 aliphatic carbocycles. The summed E-state index contributed by atoms with van der Waals surface area (Å²) in [5, 5.41) is 7.67. The first-order valence-corrected chi connectivity index (χ1v) is 10.3. The molecule has 0 amide bonds. The lowest BCUT2D eigenvalue weighted by Crippen LogP contribution is -2.47. The summed E-state index contributed by atoms with van der Waals surface area (Å²) < 4.78 is 11.4. The Morgan fingerprint density at radius 1 is 1.36 bits per heavy atom. The average Bonchev–Trinajstić information content (AvgIpc) is 3.30. The predicted molar refractivity (Wildman–Crippen MR) is 103 cm³/mol. The van der Waals surface area contributed by atoms with Gasteiger partial charge in [0.1, 0.15) is 11.5 Å². The fraction of sp³-hybridized carbons (Fsp3) is 0.722. The van der Waals surface area contributed by atoms with Gasteiger partial charge in [0, 0.05) is 38.5 Å². The van der Waals surface area contributed by atoms with E-state index in [0.29, 0.717) is 5.25 Å². The third-order valence-electron chi connectivity index (χ3n) is 4.78. The molecule has 2 aliphatic heterocycles. The van der Waals surface area contributed by atoms with Gasteiger partial charge in [0.25, 0.3) is 0 Å². The SMILES string of the molecule is CN=C(NCC1CCCS1)NCC(c1ccc(C)o1)N1CCOCC1. The monoisotopic (exact) mass is 366 g/mol. The normalized spacial score (nSPS) is 23.6. The van der Waals surface area contributed by atoms with E-state index >= 15 is 0 Å². The number of aryl methyl sites for hydroxylation is 1. The smallest absolute Gasteiger partial charge is 0.191 e. The average molecular weight is 367 g/mol. The molecular weight excluding hydrogens is 336 g/mol. The third-order valence-corrected chi connectivity index (χ3v) is 6.18. The van der Waals surface area contributed by atoms with Crippen molar-refractivity contribution >= 4 is 17.7 Å². The Labute approximate surface area is 154 Å². The number of guanidine groups is 1. The van der Waals surface area contributed by atoms with Crippen LogP contribution in [0.2, 0.25) is 0 Å². The van der Waals surface area contributed by atoms with Crippen LogP contribution in [-0.2, 0) is 4.74 Å². The second kappa shape index (κ2) is 9.50. The van der Waals surface area contributed by atoms with Crippen LogP contribution in [0.25, 0.3) is 0 Å². The minimum absolute atomic E-state index is 0.192. The summed E-state index contributed by atoms with van der Waals surface area (Å²) in [5.74, 6) is 4.12. The molecule has 0 saturated carbocycles. The molecule has 2 unspecified atom stereocenters. The maximum absolute atomic E-state index is 5.92. The molecule has 3 heterocycles. The van der Waals surface area contributed by atoms with E-state index in [1.807, 2.05) is 20.0 Å². The molecule has 3 rings (SSSR count). The van der Waals surface area contributed by atoms with Gasteiger partial charge in [0.15, 0.2) is 5.96 Å². The van der Waals surface area contributed by atoms with Crippen LogP contribution in [0.5, 0.6) is 0 Å². The zero-order valence-electron chi connectivity index (χ0n) is 15.3. The number of hydrogen-bond acceptors (Lipinski definition) is 5. The highest BCUT2D eigenvalue weighted by molar-refractivity contribution is 8.00. The van der Waals surface area contributed by atoms with Crippen molar-refractivity contribution in [2.24, 2.45) is 4.99 Å². The van der Waals surface area contributed by atoms with Gasteiger partial charge in [0.05, 0.1) is 19.3 Å². The lowest BCUT2D eigenvalue weighted by Gasteiger charge is -2.33. The Kier molecular flexibility index (Phi) is 7.07. The molecule has 7 heteroatoms. The van der Waals surface area contributed by atoms with Crippen molar-refractivity contribution in [1.82, 2.24) is 15.5 Å². The van der Waals surface area contributed by atoms with Crippen molar-refractivity contribution in [1.29, 1.82) is 0 Å². The molecule has 140 valence electrons. The highest BCUT2D eigenvalue weighted by atomic mass is 32.2. The van der Waals surface area contributed by atoms with Crippen LogP contribution in [0.1, 0.15) is 30.4 Å². The van der Waals surface area contributed by atoms with Gasteiger partial charge in [-0.2, -0.15) is 11.8 Å². The maximum atomic E-state index is 5.92. The first-order chi connectivity index (χ1) is 12.3. The van der Waals surface area contributed by atoms with Crippen LogP contribution in [-0.4, -0.2) is 68.3 Å². The summed E-state index contributed by atoms with van der Waals surface area (Å²) in [6, 6.07) is 4.31. The van der Waals surface area contributed by atoms with Crippen LogP contribution >= 0.6 is 11.8 Å². The fourth-order valence-corrected chi connectivity index (χ4v) is 4.56. The Hall–Kier alpha value is -1.18. The second-order valence-electron chi connectivity index (χ2n) is 6.58. The van der Waals surface area contributed by atoms with E-state index in [0.717, 1.165) is 56.9 Å². The molecule has 2 atom stereocenters. The summed E-state index contributed by atoms with van der Waals surface area (Å²) in [6.07, 6.45) is 2.64. The van der Waals surface area contributed by atoms with E-state index in [-0.39, 0.29) is 6.04 Å². The Morgan fingerprint density at radius 3 is 2.84 bits per heavy atom. The standard InChI is InChI=1S/C18H30N4O2S/c1-14-5-6-17(24-14)16(22-7-9-23-10-8-22)13-21-18(19-2)20-12-15-4-3-11-25-15/h5-6,15-16H,3-4,7-13H2,1-2H3,(H2,19,20,21). The Balaban J connectivity index is 1.56. The number of nitrogens with zero attached hydrogens (tertiary/aromatic N) is 2. The number of aliphatic imine (C=N–C) groups is 1. The number of morpholine rings is 1. The van der Waals surface area contributed by atoms with Gasteiger partial charge < -0.3 is 19.8 Å². The van der Waals surface area contributed by atoms with Crippen molar-refractivity contribution in [3.05, 3.63) is 23.7 Å². The van der Waals surface area contributed by atoms with E-state index in [4.69, 9.17) is 9.15 Å². The zero-order valence-corrected chi connectivity index (χ0v) is 16.1. The fourth-order valence-electron chi connectivity index (χ4n) is 3.36. The number of hydrogen-bond donors (Lipinski definition) is 2. The largest absolute Gasteiger partial charge is 0.465 e. The molecule has 0 aromatic carbocycles. The summed E-state index contributed by atoms with van der Waals surface area (Å²) in [5.41, 5.74) is 0. The molecule has 2 aliphatic rings. The molecule has 25 heavy (non-hydrogen) atoms. The van der Waals surface area contributed by atoms with Gasteiger partial charge >= 0.3 is 0 Å². The minimum atomic E-state index is 0.192. The van der Waals surface area contributed by atoms with Crippen LogP contribution in [0.3, 0.4) is 0 Å². The van der Waals surface area contributed by atoms with Crippen LogP contribution in [0, 0.1) is 6.92 Å². The summed E-state index contributed by atoms with van der Waals surface area (Å²) in [7, 11) is 1.83. The summed E-state index contributed by atoms with van der Waals surface area (Å²) >= 11 is 2.06. The van der Waals surface area contributed by atoms with Crippen LogP contribution in [0.4, 0.5) is 0 Å². The lowest BCUT2D eigenvalue weighted by atomic mass is 10.1. The van der Waals surface area contributed by atoms with Crippen molar-refractivity contribution in [2.75, 3.05) is 52.2 Å². The highest BCUT2D eigenvalue weighted by Crippen LogP contribution is 2.25. The zero-order chi connectivity index (χ0) is 17.5. The molecule has 0 bridgehead atoms. The quantitative estimate of drug-likeness (QED) is 0.593. The van der Waals surface area contributed by atoms with Gasteiger partial charge in [-0.25, -0.2) is 0 Å². The Morgan fingerprint density at radius 2 is 2.20 bits per heavy atom. The summed E-state index contributed by atoms with van der Waals surface area (Å²) in [6.45, 7) is 7.15.